The summed E-state index contributed by atoms with van der Waals surface area (Å²) < 4.78 is 40.3. The molecule has 5 atom stereocenters. The van der Waals surface area contributed by atoms with E-state index in [-0.39, 0.29) is 37.5 Å². The first-order valence-electron chi connectivity index (χ1n) is 14.7. The quantitative estimate of drug-likeness (QED) is 0.393. The van der Waals surface area contributed by atoms with Gasteiger partial charge in [0.25, 0.3) is 5.91 Å². The molecule has 44 heavy (non-hydrogen) atoms. The van der Waals surface area contributed by atoms with Crippen molar-refractivity contribution in [2.45, 2.75) is 43.1 Å². The van der Waals surface area contributed by atoms with E-state index in [0.717, 1.165) is 16.7 Å². The highest BCUT2D eigenvalue weighted by molar-refractivity contribution is 5.94. The highest BCUT2D eigenvalue weighted by Crippen LogP contribution is 2.65. The van der Waals surface area contributed by atoms with Gasteiger partial charge in [-0.15, -0.1) is 0 Å². The summed E-state index contributed by atoms with van der Waals surface area (Å²) in [6.45, 7) is 2.49. The summed E-state index contributed by atoms with van der Waals surface area (Å²) in [6.07, 6.45) is 0.0762. The minimum absolute atomic E-state index is 0.0610. The van der Waals surface area contributed by atoms with E-state index in [0.29, 0.717) is 54.0 Å². The Labute approximate surface area is 254 Å². The summed E-state index contributed by atoms with van der Waals surface area (Å²) in [5, 5.41) is 0. The third-order valence-corrected chi connectivity index (χ3v) is 9.46. The minimum Gasteiger partial charge on any atom is -0.493 e. The Kier molecular flexibility index (Phi) is 6.09. The molecule has 3 saturated heterocycles. The normalized spacial score (nSPS) is 27.5. The molecule has 1 spiro atoms. The van der Waals surface area contributed by atoms with E-state index < -0.39 is 17.6 Å². The molecular weight excluding hydrogens is 568 g/mol. The molecule has 5 heterocycles. The number of fused-ring (bicyclic) bond motifs is 3. The van der Waals surface area contributed by atoms with E-state index in [4.69, 9.17) is 33.2 Å². The molecule has 0 aromatic heterocycles. The van der Waals surface area contributed by atoms with Gasteiger partial charge in [-0.25, -0.2) is 0 Å². The van der Waals surface area contributed by atoms with Crippen LogP contribution in [-0.4, -0.2) is 80.2 Å². The Morgan fingerprint density at radius 3 is 2.25 bits per heavy atom. The lowest BCUT2D eigenvalue weighted by Gasteiger charge is -2.44. The molecule has 5 aliphatic rings. The fourth-order valence-electron chi connectivity index (χ4n) is 7.51. The number of hydrogen-bond donors (Lipinski definition) is 0. The molecule has 5 aliphatic heterocycles. The van der Waals surface area contributed by atoms with Gasteiger partial charge in [0.2, 0.25) is 31.0 Å². The van der Waals surface area contributed by atoms with Crippen molar-refractivity contribution in [1.29, 1.82) is 0 Å². The molecule has 5 unspecified atom stereocenters. The molecule has 228 valence electrons. The number of benzene rings is 3. The Balaban J connectivity index is 1.19. The Morgan fingerprint density at radius 2 is 1.57 bits per heavy atom. The van der Waals surface area contributed by atoms with Crippen molar-refractivity contribution in [3.63, 3.8) is 0 Å². The van der Waals surface area contributed by atoms with Crippen LogP contribution >= 0.6 is 0 Å². The minimum atomic E-state index is -1.12. The van der Waals surface area contributed by atoms with Gasteiger partial charge < -0.3 is 43.0 Å². The zero-order valence-electron chi connectivity index (χ0n) is 24.6. The number of piperazine rings is 1. The predicted molar refractivity (Wildman–Crippen MR) is 154 cm³/mol. The summed E-state index contributed by atoms with van der Waals surface area (Å²) >= 11 is 0. The highest BCUT2D eigenvalue weighted by atomic mass is 16.7. The number of methoxy groups -OCH3 is 2. The van der Waals surface area contributed by atoms with Gasteiger partial charge in [-0.3, -0.25) is 9.59 Å². The Hall–Kier alpha value is -4.64. The second kappa shape index (κ2) is 9.95. The third-order valence-electron chi connectivity index (χ3n) is 9.46. The van der Waals surface area contributed by atoms with Crippen LogP contribution in [0.2, 0.25) is 0 Å². The molecule has 8 rings (SSSR count). The molecule has 0 radical (unpaired) electrons. The lowest BCUT2D eigenvalue weighted by atomic mass is 9.79. The number of carbonyl (C=O) groups is 2. The summed E-state index contributed by atoms with van der Waals surface area (Å²) in [5.41, 5.74) is 1.58. The van der Waals surface area contributed by atoms with Gasteiger partial charge >= 0.3 is 0 Å². The Morgan fingerprint density at radius 1 is 0.886 bits per heavy atom. The van der Waals surface area contributed by atoms with Crippen LogP contribution in [0.15, 0.2) is 54.6 Å². The number of carbonyl (C=O) groups excluding carboxylic acids is 2. The maximum absolute atomic E-state index is 14.6. The van der Waals surface area contributed by atoms with Crippen molar-refractivity contribution < 1.29 is 42.7 Å². The van der Waals surface area contributed by atoms with Crippen LogP contribution in [0, 0.1) is 0 Å². The third kappa shape index (κ3) is 3.91. The van der Waals surface area contributed by atoms with Crippen molar-refractivity contribution in [3.05, 3.63) is 71.3 Å². The number of rotatable bonds is 6. The summed E-state index contributed by atoms with van der Waals surface area (Å²) in [6, 6.07) is 16.9. The van der Waals surface area contributed by atoms with Crippen LogP contribution in [0.4, 0.5) is 0 Å². The SMILES string of the molecule is COc1cc(CC2CN3C(=O)C4(OC4c4ccccc4)C(c4cc(OC)c5c(c4)OCO5)C3CN2C(C)=O)cc2c1OCO2. The molecule has 0 bridgehead atoms. The molecule has 2 amide bonds. The van der Waals surface area contributed by atoms with Gasteiger partial charge in [0.15, 0.2) is 28.6 Å². The van der Waals surface area contributed by atoms with E-state index in [9.17, 15) is 9.59 Å². The monoisotopic (exact) mass is 600 g/mol. The van der Waals surface area contributed by atoms with E-state index in [2.05, 4.69) is 0 Å². The van der Waals surface area contributed by atoms with Crippen LogP contribution in [0.5, 0.6) is 34.5 Å². The van der Waals surface area contributed by atoms with Crippen molar-refractivity contribution in [3.8, 4) is 34.5 Å². The Bertz CT molecular complexity index is 1660. The lowest BCUT2D eigenvalue weighted by molar-refractivity contribution is -0.142. The number of nitrogens with zero attached hydrogens (tertiary/aromatic N) is 2. The topological polar surface area (TPSA) is 109 Å². The summed E-state index contributed by atoms with van der Waals surface area (Å²) in [4.78, 5) is 31.6. The van der Waals surface area contributed by atoms with Crippen molar-refractivity contribution in [2.24, 2.45) is 0 Å². The molecule has 11 heteroatoms. The van der Waals surface area contributed by atoms with Gasteiger partial charge in [-0.2, -0.15) is 0 Å². The summed E-state index contributed by atoms with van der Waals surface area (Å²) in [5.74, 6) is 2.85. The van der Waals surface area contributed by atoms with Gasteiger partial charge in [-0.1, -0.05) is 30.3 Å². The summed E-state index contributed by atoms with van der Waals surface area (Å²) in [7, 11) is 3.16. The molecule has 3 aromatic carbocycles. The largest absolute Gasteiger partial charge is 0.493 e. The molecule has 3 fully saturated rings. The molecule has 0 N–H and O–H groups in total. The van der Waals surface area contributed by atoms with E-state index in [1.54, 1.807) is 21.1 Å². The second-order valence-electron chi connectivity index (χ2n) is 11.7. The van der Waals surface area contributed by atoms with E-state index in [1.807, 2.05) is 64.4 Å². The number of ether oxygens (including phenoxy) is 7. The van der Waals surface area contributed by atoms with Crippen LogP contribution in [0.1, 0.15) is 35.6 Å². The van der Waals surface area contributed by atoms with Crippen LogP contribution in [-0.2, 0) is 20.7 Å². The van der Waals surface area contributed by atoms with E-state index in [1.165, 1.54) is 0 Å². The maximum atomic E-state index is 14.6. The molecular formula is C33H32N2O9. The van der Waals surface area contributed by atoms with Crippen LogP contribution in [0.25, 0.3) is 0 Å². The molecule has 3 aromatic rings. The van der Waals surface area contributed by atoms with Gasteiger partial charge in [0.1, 0.15) is 6.10 Å². The fraction of sp³-hybridized carbons (Fsp3) is 0.394. The first-order chi connectivity index (χ1) is 21.4. The zero-order valence-corrected chi connectivity index (χ0v) is 24.6. The smallest absolute Gasteiger partial charge is 0.259 e. The zero-order chi connectivity index (χ0) is 30.2. The predicted octanol–water partition coefficient (Wildman–Crippen LogP) is 3.44. The van der Waals surface area contributed by atoms with Crippen molar-refractivity contribution >= 4 is 11.8 Å². The molecule has 11 nitrogen and oxygen atoms in total. The van der Waals surface area contributed by atoms with Crippen molar-refractivity contribution in [2.75, 3.05) is 40.9 Å². The van der Waals surface area contributed by atoms with Gasteiger partial charge in [0.05, 0.1) is 26.3 Å². The standard InChI is InChI=1S/C33H32N2O9/c1-18(36)34-15-23-28(21-12-25(39-3)30-27(13-21)41-17-43-30)33(31(44-33)20-7-5-4-6-8-20)32(37)35(23)14-22(34)9-19-10-24(38-2)29-26(11-19)40-16-42-29/h4-8,10-13,22-23,28,31H,9,14-17H2,1-3H3. The molecule has 0 saturated carbocycles. The van der Waals surface area contributed by atoms with Crippen LogP contribution < -0.4 is 28.4 Å². The first kappa shape index (κ1) is 26.9. The number of hydrogen-bond acceptors (Lipinski definition) is 9. The van der Waals surface area contributed by atoms with Crippen molar-refractivity contribution in [1.82, 2.24) is 9.80 Å². The van der Waals surface area contributed by atoms with Gasteiger partial charge in [0, 0.05) is 25.9 Å². The maximum Gasteiger partial charge on any atom is 0.259 e. The fourth-order valence-corrected chi connectivity index (χ4v) is 7.51. The number of epoxide rings is 1. The highest BCUT2D eigenvalue weighted by Gasteiger charge is 2.76. The van der Waals surface area contributed by atoms with Crippen LogP contribution in [0.3, 0.4) is 0 Å². The second-order valence-corrected chi connectivity index (χ2v) is 11.7. The van der Waals surface area contributed by atoms with Gasteiger partial charge in [-0.05, 0) is 47.4 Å². The average Bonchev–Trinajstić information content (AvgIpc) is 3.30. The lowest BCUT2D eigenvalue weighted by Crippen LogP contribution is -2.59. The average molecular weight is 601 g/mol. The van der Waals surface area contributed by atoms with E-state index >= 15 is 0 Å². The molecule has 0 aliphatic carbocycles. The number of amides is 2. The first-order valence-corrected chi connectivity index (χ1v) is 14.7.